The smallest absolute Gasteiger partial charge is 0.198 e. The van der Waals surface area contributed by atoms with Crippen molar-refractivity contribution in [1.29, 1.82) is 0 Å². The fourth-order valence-corrected chi connectivity index (χ4v) is 4.01. The molecule has 0 unspecified atom stereocenters. The molecular formula is C23H28N4O. The Kier molecular flexibility index (Phi) is 5.35. The number of fused-ring (bicyclic) bond motifs is 1. The van der Waals surface area contributed by atoms with Crippen molar-refractivity contribution in [3.8, 4) is 5.88 Å². The minimum Gasteiger partial charge on any atom is -0.494 e. The number of aliphatic imine (C=N–C) groups is 1. The lowest BCUT2D eigenvalue weighted by molar-refractivity contribution is 0.221. The molecule has 5 heteroatoms. The third kappa shape index (κ3) is 3.90. The molecule has 28 heavy (non-hydrogen) atoms. The lowest BCUT2D eigenvalue weighted by Crippen LogP contribution is -2.28. The van der Waals surface area contributed by atoms with Crippen LogP contribution in [0.1, 0.15) is 43.7 Å². The Morgan fingerprint density at radius 2 is 1.86 bits per heavy atom. The monoisotopic (exact) mass is 376 g/mol. The van der Waals surface area contributed by atoms with E-state index in [1.165, 1.54) is 37.9 Å². The number of nitrogens with zero attached hydrogens (tertiary/aromatic N) is 2. The number of benzene rings is 2. The van der Waals surface area contributed by atoms with E-state index in [2.05, 4.69) is 34.1 Å². The zero-order valence-electron chi connectivity index (χ0n) is 16.4. The normalized spacial score (nSPS) is 16.0. The Morgan fingerprint density at radius 3 is 2.57 bits per heavy atom. The number of rotatable bonds is 5. The van der Waals surface area contributed by atoms with E-state index in [0.29, 0.717) is 12.1 Å². The molecule has 0 bridgehead atoms. The molecule has 3 aromatic rings. The molecule has 0 aliphatic carbocycles. The summed E-state index contributed by atoms with van der Waals surface area (Å²) in [5, 5.41) is 11.4. The number of hydrogen-bond donors (Lipinski definition) is 3. The van der Waals surface area contributed by atoms with Gasteiger partial charge in [-0.25, -0.2) is 0 Å². The third-order valence-electron chi connectivity index (χ3n) is 5.48. The molecular weight excluding hydrogens is 348 g/mol. The van der Waals surface area contributed by atoms with E-state index in [9.17, 15) is 5.11 Å². The van der Waals surface area contributed by atoms with Crippen LogP contribution in [0.5, 0.6) is 5.88 Å². The summed E-state index contributed by atoms with van der Waals surface area (Å²) < 4.78 is 0. The van der Waals surface area contributed by atoms with Crippen molar-refractivity contribution in [1.82, 2.24) is 9.88 Å². The van der Waals surface area contributed by atoms with Crippen LogP contribution in [0.15, 0.2) is 47.5 Å². The van der Waals surface area contributed by atoms with Gasteiger partial charge >= 0.3 is 0 Å². The fourth-order valence-electron chi connectivity index (χ4n) is 4.01. The average molecular weight is 377 g/mol. The van der Waals surface area contributed by atoms with Crippen molar-refractivity contribution in [2.24, 2.45) is 4.99 Å². The van der Waals surface area contributed by atoms with Gasteiger partial charge in [0.05, 0.1) is 17.0 Å². The molecule has 4 rings (SSSR count). The van der Waals surface area contributed by atoms with Crippen molar-refractivity contribution in [2.75, 3.05) is 18.8 Å². The van der Waals surface area contributed by atoms with Crippen molar-refractivity contribution < 1.29 is 5.11 Å². The van der Waals surface area contributed by atoms with E-state index in [1.807, 2.05) is 25.1 Å². The molecule has 4 N–H and O–H groups in total. The van der Waals surface area contributed by atoms with Crippen LogP contribution >= 0.6 is 0 Å². The summed E-state index contributed by atoms with van der Waals surface area (Å²) in [7, 11) is 0. The van der Waals surface area contributed by atoms with Crippen molar-refractivity contribution in [3.63, 3.8) is 0 Å². The van der Waals surface area contributed by atoms with Crippen LogP contribution in [0, 0.1) is 0 Å². The highest BCUT2D eigenvalue weighted by molar-refractivity contribution is 6.14. The zero-order chi connectivity index (χ0) is 19.5. The molecule has 1 aromatic heterocycles. The maximum Gasteiger partial charge on any atom is 0.198 e. The minimum absolute atomic E-state index is 0.142. The van der Waals surface area contributed by atoms with E-state index in [0.717, 1.165) is 34.4 Å². The molecule has 0 amide bonds. The number of nitrogens with two attached hydrogens (primary N) is 1. The van der Waals surface area contributed by atoms with Crippen LogP contribution in [0.2, 0.25) is 0 Å². The molecule has 5 nitrogen and oxygen atoms in total. The number of anilines is 1. The van der Waals surface area contributed by atoms with Gasteiger partial charge in [-0.15, -0.1) is 0 Å². The van der Waals surface area contributed by atoms with Crippen molar-refractivity contribution in [2.45, 2.75) is 39.2 Å². The highest BCUT2D eigenvalue weighted by Gasteiger charge is 2.16. The topological polar surface area (TPSA) is 77.6 Å². The average Bonchev–Trinajstić information content (AvgIpc) is 3.03. The van der Waals surface area contributed by atoms with Crippen LogP contribution in [0.25, 0.3) is 10.9 Å². The molecule has 1 fully saturated rings. The summed E-state index contributed by atoms with van der Waals surface area (Å²) in [5.74, 6) is 0.142. The number of hydrogen-bond acceptors (Lipinski definition) is 4. The summed E-state index contributed by atoms with van der Waals surface area (Å²) >= 11 is 0. The predicted octanol–water partition coefficient (Wildman–Crippen LogP) is 4.97. The molecule has 1 saturated heterocycles. The molecule has 146 valence electrons. The predicted molar refractivity (Wildman–Crippen MR) is 116 cm³/mol. The number of aromatic hydroxyl groups is 1. The molecule has 2 aromatic carbocycles. The second-order valence-electron chi connectivity index (χ2n) is 7.57. The van der Waals surface area contributed by atoms with Crippen LogP contribution in [-0.4, -0.2) is 33.8 Å². The summed E-state index contributed by atoms with van der Waals surface area (Å²) in [5.41, 5.74) is 11.3. The fraction of sp³-hybridized carbons (Fsp3) is 0.348. The Bertz CT molecular complexity index is 982. The molecule has 0 saturated carbocycles. The van der Waals surface area contributed by atoms with Gasteiger partial charge in [-0.1, -0.05) is 25.5 Å². The van der Waals surface area contributed by atoms with Gasteiger partial charge in [0.15, 0.2) is 5.88 Å². The molecule has 0 spiro atoms. The first-order valence-electron chi connectivity index (χ1n) is 10.1. The van der Waals surface area contributed by atoms with E-state index in [4.69, 9.17) is 10.7 Å². The Morgan fingerprint density at radius 1 is 1.11 bits per heavy atom. The van der Waals surface area contributed by atoms with Crippen LogP contribution in [0.3, 0.4) is 0 Å². The Labute approximate surface area is 165 Å². The maximum absolute atomic E-state index is 10.4. The molecule has 0 radical (unpaired) electrons. The van der Waals surface area contributed by atoms with Gasteiger partial charge in [0, 0.05) is 23.1 Å². The second kappa shape index (κ2) is 8.07. The van der Waals surface area contributed by atoms with Gasteiger partial charge in [0.1, 0.15) is 0 Å². The number of nitrogen functional groups attached to an aromatic ring is 1. The van der Waals surface area contributed by atoms with Gasteiger partial charge in [-0.3, -0.25) is 9.89 Å². The highest BCUT2D eigenvalue weighted by Crippen LogP contribution is 2.31. The number of aromatic amines is 1. The summed E-state index contributed by atoms with van der Waals surface area (Å²) in [6.45, 7) is 5.45. The van der Waals surface area contributed by atoms with Gasteiger partial charge in [0.2, 0.25) is 0 Å². The van der Waals surface area contributed by atoms with Gasteiger partial charge in [-0.05, 0) is 68.2 Å². The van der Waals surface area contributed by atoms with Crippen LogP contribution in [0.4, 0.5) is 11.4 Å². The lowest BCUT2D eigenvalue weighted by Gasteiger charge is -2.26. The van der Waals surface area contributed by atoms with E-state index >= 15 is 0 Å². The largest absolute Gasteiger partial charge is 0.494 e. The van der Waals surface area contributed by atoms with E-state index in [-0.39, 0.29) is 5.88 Å². The molecule has 2 heterocycles. The number of aromatic nitrogens is 1. The number of piperidine rings is 1. The summed E-state index contributed by atoms with van der Waals surface area (Å²) in [6.07, 6.45) is 4.68. The van der Waals surface area contributed by atoms with Gasteiger partial charge in [-0.2, -0.15) is 0 Å². The number of likely N-dealkylation sites (tertiary alicyclic amines) is 1. The highest BCUT2D eigenvalue weighted by atomic mass is 16.3. The Balaban J connectivity index is 1.60. The van der Waals surface area contributed by atoms with E-state index < -0.39 is 0 Å². The minimum atomic E-state index is 0.142. The lowest BCUT2D eigenvalue weighted by atomic mass is 10.1. The van der Waals surface area contributed by atoms with Crippen LogP contribution < -0.4 is 5.73 Å². The molecule has 1 aliphatic rings. The van der Waals surface area contributed by atoms with Crippen LogP contribution in [-0.2, 0) is 6.54 Å². The van der Waals surface area contributed by atoms with Gasteiger partial charge in [0.25, 0.3) is 0 Å². The molecule has 1 aliphatic heterocycles. The maximum atomic E-state index is 10.4. The number of nitrogens with one attached hydrogen (secondary N) is 1. The van der Waals surface area contributed by atoms with E-state index in [1.54, 1.807) is 0 Å². The Hall–Kier alpha value is -2.79. The first-order valence-corrected chi connectivity index (χ1v) is 10.1. The number of H-pyrrole nitrogens is 1. The second-order valence-corrected chi connectivity index (χ2v) is 7.57. The first kappa shape index (κ1) is 18.6. The quantitative estimate of drug-likeness (QED) is 0.434. The van der Waals surface area contributed by atoms with Gasteiger partial charge < -0.3 is 15.8 Å². The summed E-state index contributed by atoms with van der Waals surface area (Å²) in [4.78, 5) is 10.4. The standard InChI is InChI=1S/C23H28N4O/c1-2-20(22-19-14-17(24)8-11-21(19)26-23(22)28)25-18-9-6-16(7-10-18)15-27-12-4-3-5-13-27/h6-11,14,26,28H,2-5,12-13,15,24H2,1H3. The first-order chi connectivity index (χ1) is 13.6. The van der Waals surface area contributed by atoms with Crippen molar-refractivity contribution >= 4 is 28.0 Å². The SMILES string of the molecule is CCC(=Nc1ccc(CN2CCCCC2)cc1)c1c(O)[nH]c2ccc(N)cc12. The third-order valence-corrected chi connectivity index (χ3v) is 5.48. The van der Waals surface area contributed by atoms with Crippen molar-refractivity contribution in [3.05, 3.63) is 53.6 Å². The molecule has 0 atom stereocenters. The summed E-state index contributed by atoms with van der Waals surface area (Å²) in [6, 6.07) is 14.0. The zero-order valence-corrected chi connectivity index (χ0v) is 16.4.